The van der Waals surface area contributed by atoms with Crippen LogP contribution in [0.15, 0.2) is 58.9 Å². The van der Waals surface area contributed by atoms with Crippen LogP contribution in [0.2, 0.25) is 0 Å². The normalized spacial score (nSPS) is 13.1. The zero-order valence-corrected chi connectivity index (χ0v) is 18.2. The highest BCUT2D eigenvalue weighted by atomic mass is 127. The van der Waals surface area contributed by atoms with Gasteiger partial charge in [0.15, 0.2) is 5.96 Å². The Morgan fingerprint density at radius 2 is 1.93 bits per heavy atom. The Balaban J connectivity index is 0.00000210. The van der Waals surface area contributed by atoms with Gasteiger partial charge >= 0.3 is 0 Å². The molecule has 3 aromatic rings. The molecule has 1 aliphatic carbocycles. The van der Waals surface area contributed by atoms with Gasteiger partial charge in [-0.2, -0.15) is 0 Å². The van der Waals surface area contributed by atoms with Gasteiger partial charge in [0.1, 0.15) is 5.01 Å². The maximum Gasteiger partial charge on any atom is 0.193 e. The van der Waals surface area contributed by atoms with Crippen molar-refractivity contribution in [2.75, 3.05) is 11.9 Å². The van der Waals surface area contributed by atoms with Crippen LogP contribution in [-0.4, -0.2) is 17.5 Å². The Morgan fingerprint density at radius 3 is 2.78 bits per heavy atom. The number of aryl methyl sites for hydroxylation is 2. The number of anilines is 1. The molecule has 0 unspecified atom stereocenters. The van der Waals surface area contributed by atoms with E-state index in [0.717, 1.165) is 34.8 Å². The summed E-state index contributed by atoms with van der Waals surface area (Å²) >= 11 is 1.67. The lowest BCUT2D eigenvalue weighted by molar-refractivity contribution is 0.912. The van der Waals surface area contributed by atoms with Gasteiger partial charge in [-0.3, -0.25) is 4.99 Å². The SMILES string of the molecule is I.NC(=NCCc1csc(-c2ccccc2)n1)Nc1ccc2c(c1)CCC2. The lowest BCUT2D eigenvalue weighted by Gasteiger charge is -2.07. The number of thiazole rings is 1. The van der Waals surface area contributed by atoms with Gasteiger partial charge in [-0.05, 0) is 42.5 Å². The van der Waals surface area contributed by atoms with Crippen molar-refractivity contribution in [3.05, 3.63) is 70.7 Å². The molecular formula is C21H23IN4S. The van der Waals surface area contributed by atoms with Gasteiger partial charge in [-0.25, -0.2) is 4.98 Å². The average molecular weight is 490 g/mol. The first-order valence-electron chi connectivity index (χ1n) is 8.96. The highest BCUT2D eigenvalue weighted by Crippen LogP contribution is 2.25. The minimum atomic E-state index is 0. The number of aliphatic imine (C=N–C) groups is 1. The number of fused-ring (bicyclic) bond motifs is 1. The van der Waals surface area contributed by atoms with Crippen molar-refractivity contribution in [2.24, 2.45) is 10.7 Å². The fourth-order valence-electron chi connectivity index (χ4n) is 3.26. The molecule has 2 aromatic carbocycles. The summed E-state index contributed by atoms with van der Waals surface area (Å²) < 4.78 is 0. The molecule has 4 rings (SSSR count). The Bertz CT molecular complexity index is 921. The fourth-order valence-corrected chi connectivity index (χ4v) is 4.12. The molecule has 1 aromatic heterocycles. The van der Waals surface area contributed by atoms with Crippen LogP contribution in [0.3, 0.4) is 0 Å². The Morgan fingerprint density at radius 1 is 1.11 bits per heavy atom. The standard InChI is InChI=1S/C21H22N4S.HI/c22-21(25-18-10-9-15-7-4-8-17(15)13-18)23-12-11-19-14-26-20(24-19)16-5-2-1-3-6-16;/h1-3,5-6,9-10,13-14H,4,7-8,11-12H2,(H3,22,23,25);1H. The first kappa shape index (κ1) is 19.8. The van der Waals surface area contributed by atoms with Crippen LogP contribution in [-0.2, 0) is 19.3 Å². The number of aromatic nitrogens is 1. The summed E-state index contributed by atoms with van der Waals surface area (Å²) in [7, 11) is 0. The summed E-state index contributed by atoms with van der Waals surface area (Å²) in [5, 5.41) is 6.35. The molecule has 3 N–H and O–H groups in total. The van der Waals surface area contributed by atoms with Crippen LogP contribution in [0.1, 0.15) is 23.2 Å². The minimum Gasteiger partial charge on any atom is -0.370 e. The Labute approximate surface area is 181 Å². The van der Waals surface area contributed by atoms with E-state index in [1.165, 1.54) is 24.0 Å². The van der Waals surface area contributed by atoms with Crippen molar-refractivity contribution in [3.8, 4) is 10.6 Å². The molecule has 27 heavy (non-hydrogen) atoms. The van der Waals surface area contributed by atoms with E-state index >= 15 is 0 Å². The molecule has 140 valence electrons. The van der Waals surface area contributed by atoms with Crippen molar-refractivity contribution in [1.82, 2.24) is 4.98 Å². The number of benzene rings is 2. The van der Waals surface area contributed by atoms with Crippen LogP contribution in [0.4, 0.5) is 5.69 Å². The maximum atomic E-state index is 6.03. The van der Waals surface area contributed by atoms with Crippen molar-refractivity contribution in [1.29, 1.82) is 0 Å². The second kappa shape index (κ2) is 9.32. The van der Waals surface area contributed by atoms with Gasteiger partial charge in [0, 0.05) is 29.6 Å². The van der Waals surface area contributed by atoms with Crippen LogP contribution >= 0.6 is 35.3 Å². The van der Waals surface area contributed by atoms with E-state index in [1.54, 1.807) is 11.3 Å². The summed E-state index contributed by atoms with van der Waals surface area (Å²) in [5.74, 6) is 0.460. The number of hydrogen-bond donors (Lipinski definition) is 2. The second-order valence-electron chi connectivity index (χ2n) is 6.49. The third-order valence-corrected chi connectivity index (χ3v) is 5.53. The number of nitrogens with two attached hydrogens (primary N) is 1. The summed E-state index contributed by atoms with van der Waals surface area (Å²) in [5.41, 5.74) is 12.2. The van der Waals surface area contributed by atoms with Gasteiger partial charge in [0.05, 0.1) is 5.69 Å². The van der Waals surface area contributed by atoms with E-state index in [-0.39, 0.29) is 24.0 Å². The summed E-state index contributed by atoms with van der Waals surface area (Å²) in [6, 6.07) is 16.7. The quantitative estimate of drug-likeness (QED) is 0.304. The van der Waals surface area contributed by atoms with Gasteiger partial charge in [0.25, 0.3) is 0 Å². The van der Waals surface area contributed by atoms with Crippen molar-refractivity contribution < 1.29 is 0 Å². The molecule has 1 aliphatic rings. The molecule has 0 bridgehead atoms. The van der Waals surface area contributed by atoms with E-state index in [4.69, 9.17) is 5.73 Å². The van der Waals surface area contributed by atoms with Crippen LogP contribution in [0.25, 0.3) is 10.6 Å². The molecular weight excluding hydrogens is 467 g/mol. The van der Waals surface area contributed by atoms with Gasteiger partial charge in [-0.15, -0.1) is 35.3 Å². The highest BCUT2D eigenvalue weighted by Gasteiger charge is 2.11. The smallest absolute Gasteiger partial charge is 0.193 e. The van der Waals surface area contributed by atoms with Crippen LogP contribution in [0.5, 0.6) is 0 Å². The van der Waals surface area contributed by atoms with Crippen molar-refractivity contribution in [3.63, 3.8) is 0 Å². The number of nitrogens with zero attached hydrogens (tertiary/aromatic N) is 2. The van der Waals surface area contributed by atoms with Crippen molar-refractivity contribution in [2.45, 2.75) is 25.7 Å². The van der Waals surface area contributed by atoms with E-state index in [0.29, 0.717) is 12.5 Å². The van der Waals surface area contributed by atoms with Gasteiger partial charge in [-0.1, -0.05) is 36.4 Å². The second-order valence-corrected chi connectivity index (χ2v) is 7.35. The van der Waals surface area contributed by atoms with Gasteiger partial charge in [0.2, 0.25) is 0 Å². The monoisotopic (exact) mass is 490 g/mol. The van der Waals surface area contributed by atoms with Crippen LogP contribution in [0, 0.1) is 0 Å². The van der Waals surface area contributed by atoms with E-state index in [9.17, 15) is 0 Å². The number of halogens is 1. The predicted octanol–water partition coefficient (Wildman–Crippen LogP) is 4.89. The number of hydrogen-bond acceptors (Lipinski definition) is 3. The topological polar surface area (TPSA) is 63.3 Å². The summed E-state index contributed by atoms with van der Waals surface area (Å²) in [6.07, 6.45) is 4.39. The molecule has 0 fully saturated rings. The zero-order valence-electron chi connectivity index (χ0n) is 15.0. The number of guanidine groups is 1. The largest absolute Gasteiger partial charge is 0.370 e. The molecule has 4 nitrogen and oxygen atoms in total. The summed E-state index contributed by atoms with van der Waals surface area (Å²) in [4.78, 5) is 9.13. The van der Waals surface area contributed by atoms with Crippen LogP contribution < -0.4 is 11.1 Å². The molecule has 0 spiro atoms. The molecule has 0 atom stereocenters. The molecule has 0 saturated heterocycles. The lowest BCUT2D eigenvalue weighted by Crippen LogP contribution is -2.23. The first-order chi connectivity index (χ1) is 12.8. The van der Waals surface area contributed by atoms with Crippen molar-refractivity contribution >= 4 is 47.0 Å². The first-order valence-corrected chi connectivity index (χ1v) is 9.84. The molecule has 0 aliphatic heterocycles. The maximum absolute atomic E-state index is 6.03. The fraction of sp³-hybridized carbons (Fsp3) is 0.238. The van der Waals surface area contributed by atoms with Gasteiger partial charge < -0.3 is 11.1 Å². The van der Waals surface area contributed by atoms with E-state index in [1.807, 2.05) is 18.2 Å². The number of nitrogens with one attached hydrogen (secondary N) is 1. The Hall–Kier alpha value is -1.93. The lowest BCUT2D eigenvalue weighted by atomic mass is 10.1. The molecule has 0 saturated carbocycles. The summed E-state index contributed by atoms with van der Waals surface area (Å²) in [6.45, 7) is 0.627. The molecule has 1 heterocycles. The number of rotatable bonds is 5. The zero-order chi connectivity index (χ0) is 17.8. The molecule has 0 amide bonds. The minimum absolute atomic E-state index is 0. The third-order valence-electron chi connectivity index (χ3n) is 4.59. The third kappa shape index (κ3) is 5.07. The molecule has 0 radical (unpaired) electrons. The van der Waals surface area contributed by atoms with E-state index in [2.05, 4.69) is 51.0 Å². The highest BCUT2D eigenvalue weighted by molar-refractivity contribution is 14.0. The Kier molecular flexibility index (Phi) is 6.84. The molecule has 6 heteroatoms. The van der Waals surface area contributed by atoms with E-state index < -0.39 is 0 Å². The predicted molar refractivity (Wildman–Crippen MR) is 125 cm³/mol. The average Bonchev–Trinajstić information content (AvgIpc) is 3.31.